The largest absolute Gasteiger partial charge is 0.458 e. The number of nitrogens with one attached hydrogen (secondary N) is 1. The van der Waals surface area contributed by atoms with Crippen LogP contribution in [0.5, 0.6) is 0 Å². The van der Waals surface area contributed by atoms with Gasteiger partial charge in [-0.05, 0) is 46.1 Å². The van der Waals surface area contributed by atoms with Gasteiger partial charge in [0, 0.05) is 0 Å². The molecule has 27 heavy (non-hydrogen) atoms. The zero-order valence-electron chi connectivity index (χ0n) is 17.4. The molecule has 152 valence electrons. The SMILES string of the molecule is CC(C)[C@@H](OC(=O)[C@H](C)NC(=O)OC(C)(C)C)[C@H](C)OCc1ccccc1. The Kier molecular flexibility index (Phi) is 8.76. The first-order chi connectivity index (χ1) is 12.5. The van der Waals surface area contributed by atoms with Gasteiger partial charge in [-0.3, -0.25) is 0 Å². The highest BCUT2D eigenvalue weighted by Crippen LogP contribution is 2.17. The van der Waals surface area contributed by atoms with Crippen LogP contribution in [0.2, 0.25) is 0 Å². The van der Waals surface area contributed by atoms with E-state index in [0.29, 0.717) is 6.61 Å². The lowest BCUT2D eigenvalue weighted by molar-refractivity contribution is -0.163. The average Bonchev–Trinajstić information content (AvgIpc) is 2.56. The average molecular weight is 379 g/mol. The first-order valence-corrected chi connectivity index (χ1v) is 9.35. The van der Waals surface area contributed by atoms with E-state index in [-0.39, 0.29) is 12.0 Å². The Morgan fingerprint density at radius 1 is 1.04 bits per heavy atom. The smallest absolute Gasteiger partial charge is 0.408 e. The Labute approximate surface area is 162 Å². The summed E-state index contributed by atoms with van der Waals surface area (Å²) in [7, 11) is 0. The van der Waals surface area contributed by atoms with Gasteiger partial charge in [-0.2, -0.15) is 0 Å². The van der Waals surface area contributed by atoms with E-state index >= 15 is 0 Å². The molecule has 0 fully saturated rings. The van der Waals surface area contributed by atoms with Crippen molar-refractivity contribution < 1.29 is 23.8 Å². The maximum absolute atomic E-state index is 12.4. The fourth-order valence-corrected chi connectivity index (χ4v) is 2.45. The van der Waals surface area contributed by atoms with Crippen molar-refractivity contribution in [1.82, 2.24) is 5.32 Å². The topological polar surface area (TPSA) is 73.9 Å². The third kappa shape index (κ3) is 8.91. The van der Waals surface area contributed by atoms with Crippen molar-refractivity contribution in [2.24, 2.45) is 5.92 Å². The van der Waals surface area contributed by atoms with Gasteiger partial charge in [0.2, 0.25) is 0 Å². The van der Waals surface area contributed by atoms with E-state index in [9.17, 15) is 9.59 Å². The van der Waals surface area contributed by atoms with Crippen LogP contribution in [0, 0.1) is 5.92 Å². The molecule has 1 N–H and O–H groups in total. The number of hydrogen-bond donors (Lipinski definition) is 1. The second-order valence-corrected chi connectivity index (χ2v) is 8.02. The van der Waals surface area contributed by atoms with Gasteiger partial charge in [-0.1, -0.05) is 44.2 Å². The molecule has 1 rings (SSSR count). The van der Waals surface area contributed by atoms with E-state index in [0.717, 1.165) is 5.56 Å². The molecule has 0 aliphatic heterocycles. The summed E-state index contributed by atoms with van der Waals surface area (Å²) in [6.45, 7) is 13.1. The lowest BCUT2D eigenvalue weighted by Gasteiger charge is -2.29. The first-order valence-electron chi connectivity index (χ1n) is 9.35. The Bertz CT molecular complexity index is 594. The van der Waals surface area contributed by atoms with Crippen molar-refractivity contribution >= 4 is 12.1 Å². The van der Waals surface area contributed by atoms with E-state index in [2.05, 4.69) is 5.32 Å². The summed E-state index contributed by atoms with van der Waals surface area (Å²) >= 11 is 0. The Hall–Kier alpha value is -2.08. The van der Waals surface area contributed by atoms with Crippen LogP contribution in [0.4, 0.5) is 4.79 Å². The maximum Gasteiger partial charge on any atom is 0.408 e. The van der Waals surface area contributed by atoms with Gasteiger partial charge < -0.3 is 19.5 Å². The number of alkyl carbamates (subject to hydrolysis) is 1. The molecule has 1 amide bonds. The molecule has 6 nitrogen and oxygen atoms in total. The Balaban J connectivity index is 2.58. The normalized spacial score (nSPS) is 15.0. The summed E-state index contributed by atoms with van der Waals surface area (Å²) in [6, 6.07) is 9.00. The van der Waals surface area contributed by atoms with Crippen molar-refractivity contribution in [2.75, 3.05) is 0 Å². The number of esters is 1. The number of carbonyl (C=O) groups excluding carboxylic acids is 2. The summed E-state index contributed by atoms with van der Waals surface area (Å²) in [5.41, 5.74) is 0.423. The molecule has 0 unspecified atom stereocenters. The molecule has 0 bridgehead atoms. The van der Waals surface area contributed by atoms with Crippen LogP contribution < -0.4 is 5.32 Å². The highest BCUT2D eigenvalue weighted by molar-refractivity contribution is 5.81. The molecule has 1 aromatic carbocycles. The van der Waals surface area contributed by atoms with Crippen molar-refractivity contribution in [3.8, 4) is 0 Å². The number of amides is 1. The second kappa shape index (κ2) is 10.3. The minimum Gasteiger partial charge on any atom is -0.458 e. The quantitative estimate of drug-likeness (QED) is 0.689. The van der Waals surface area contributed by atoms with Crippen LogP contribution in [0.15, 0.2) is 30.3 Å². The summed E-state index contributed by atoms with van der Waals surface area (Å²) in [5, 5.41) is 2.50. The van der Waals surface area contributed by atoms with E-state index in [1.807, 2.05) is 51.1 Å². The molecule has 0 radical (unpaired) electrons. The summed E-state index contributed by atoms with van der Waals surface area (Å²) in [6.07, 6.45) is -1.37. The van der Waals surface area contributed by atoms with Crippen LogP contribution in [0.1, 0.15) is 54.0 Å². The molecular formula is C21H33NO5. The molecule has 0 aliphatic rings. The highest BCUT2D eigenvalue weighted by atomic mass is 16.6. The molecule has 0 heterocycles. The van der Waals surface area contributed by atoms with E-state index < -0.39 is 29.8 Å². The second-order valence-electron chi connectivity index (χ2n) is 8.02. The highest BCUT2D eigenvalue weighted by Gasteiger charge is 2.29. The van der Waals surface area contributed by atoms with Crippen LogP contribution in [0.3, 0.4) is 0 Å². The van der Waals surface area contributed by atoms with Gasteiger partial charge in [0.15, 0.2) is 0 Å². The molecule has 0 saturated carbocycles. The fraction of sp³-hybridized carbons (Fsp3) is 0.619. The third-order valence-corrected chi connectivity index (χ3v) is 3.81. The lowest BCUT2D eigenvalue weighted by Crippen LogP contribution is -2.45. The minimum absolute atomic E-state index is 0.0634. The van der Waals surface area contributed by atoms with Crippen LogP contribution in [-0.4, -0.2) is 35.9 Å². The van der Waals surface area contributed by atoms with Crippen molar-refractivity contribution in [3.63, 3.8) is 0 Å². The van der Waals surface area contributed by atoms with Gasteiger partial charge in [0.1, 0.15) is 17.7 Å². The monoisotopic (exact) mass is 379 g/mol. The van der Waals surface area contributed by atoms with Gasteiger partial charge >= 0.3 is 12.1 Å². The third-order valence-electron chi connectivity index (χ3n) is 3.81. The van der Waals surface area contributed by atoms with Crippen molar-refractivity contribution in [1.29, 1.82) is 0 Å². The van der Waals surface area contributed by atoms with E-state index in [1.165, 1.54) is 0 Å². The minimum atomic E-state index is -0.817. The summed E-state index contributed by atoms with van der Waals surface area (Å²) < 4.78 is 16.7. The van der Waals surface area contributed by atoms with Crippen LogP contribution in [-0.2, 0) is 25.6 Å². The number of rotatable bonds is 8. The maximum atomic E-state index is 12.4. The summed E-state index contributed by atoms with van der Waals surface area (Å²) in [5.74, 6) is -0.455. The number of ether oxygens (including phenoxy) is 3. The molecule has 3 atom stereocenters. The molecule has 0 aromatic heterocycles. The number of carbonyl (C=O) groups is 2. The van der Waals surface area contributed by atoms with Gasteiger partial charge in [-0.25, -0.2) is 9.59 Å². The molecule has 0 aliphatic carbocycles. The number of hydrogen-bond acceptors (Lipinski definition) is 5. The Morgan fingerprint density at radius 3 is 2.15 bits per heavy atom. The molecule has 6 heteroatoms. The Morgan fingerprint density at radius 2 is 1.63 bits per heavy atom. The zero-order valence-corrected chi connectivity index (χ0v) is 17.4. The standard InChI is InChI=1S/C21H33NO5/c1-14(2)18(16(4)25-13-17-11-9-8-10-12-17)26-19(23)15(3)22-20(24)27-21(5,6)7/h8-12,14-16,18H,13H2,1-7H3,(H,22,24)/t15-,16-,18+/m0/s1. The fourth-order valence-electron chi connectivity index (χ4n) is 2.45. The number of benzene rings is 1. The predicted molar refractivity (Wildman–Crippen MR) is 104 cm³/mol. The van der Waals surface area contributed by atoms with Gasteiger partial charge in [0.05, 0.1) is 12.7 Å². The van der Waals surface area contributed by atoms with Gasteiger partial charge in [0.25, 0.3) is 0 Å². The molecule has 1 aromatic rings. The van der Waals surface area contributed by atoms with Crippen LogP contribution in [0.25, 0.3) is 0 Å². The molecule has 0 saturated heterocycles. The van der Waals surface area contributed by atoms with E-state index in [1.54, 1.807) is 27.7 Å². The molecular weight excluding hydrogens is 346 g/mol. The lowest BCUT2D eigenvalue weighted by atomic mass is 10.0. The zero-order chi connectivity index (χ0) is 20.6. The van der Waals surface area contributed by atoms with Crippen molar-refractivity contribution in [2.45, 2.75) is 78.9 Å². The van der Waals surface area contributed by atoms with E-state index in [4.69, 9.17) is 14.2 Å². The predicted octanol–water partition coefficient (Wildman–Crippen LogP) is 4.07. The van der Waals surface area contributed by atoms with Crippen molar-refractivity contribution in [3.05, 3.63) is 35.9 Å². The van der Waals surface area contributed by atoms with Crippen LogP contribution >= 0.6 is 0 Å². The first kappa shape index (κ1) is 23.0. The molecule has 0 spiro atoms. The van der Waals surface area contributed by atoms with Gasteiger partial charge in [-0.15, -0.1) is 0 Å². The summed E-state index contributed by atoms with van der Waals surface area (Å²) in [4.78, 5) is 24.2.